The summed E-state index contributed by atoms with van der Waals surface area (Å²) in [6, 6.07) is 9.13. The van der Waals surface area contributed by atoms with Gasteiger partial charge < -0.3 is 15.4 Å². The Morgan fingerprint density at radius 1 is 1.17 bits per heavy atom. The predicted octanol–water partition coefficient (Wildman–Crippen LogP) is 1.63. The van der Waals surface area contributed by atoms with Gasteiger partial charge in [-0.2, -0.15) is 0 Å². The van der Waals surface area contributed by atoms with E-state index in [4.69, 9.17) is 4.74 Å². The van der Waals surface area contributed by atoms with Crippen LogP contribution in [0.3, 0.4) is 0 Å². The molecule has 0 saturated heterocycles. The Labute approximate surface area is 138 Å². The molecule has 0 spiro atoms. The Hall–Kier alpha value is -2.41. The van der Waals surface area contributed by atoms with Crippen LogP contribution in [0.15, 0.2) is 36.5 Å². The average Bonchev–Trinajstić information content (AvgIpc) is 3.07. The SMILES string of the molecule is CCc1ncc(C(=O)NCCNC(=O)COc2ccccc2)s1. The van der Waals surface area contributed by atoms with Gasteiger partial charge in [0.15, 0.2) is 6.61 Å². The zero-order valence-corrected chi connectivity index (χ0v) is 13.7. The fourth-order valence-corrected chi connectivity index (χ4v) is 2.53. The molecule has 6 nitrogen and oxygen atoms in total. The molecular weight excluding hydrogens is 314 g/mol. The molecule has 0 aliphatic rings. The molecule has 1 aromatic heterocycles. The van der Waals surface area contributed by atoms with E-state index in [0.717, 1.165) is 11.4 Å². The highest BCUT2D eigenvalue weighted by Gasteiger charge is 2.09. The van der Waals surface area contributed by atoms with Gasteiger partial charge in [-0.15, -0.1) is 11.3 Å². The first kappa shape index (κ1) is 17.0. The summed E-state index contributed by atoms with van der Waals surface area (Å²) >= 11 is 1.38. The van der Waals surface area contributed by atoms with Crippen molar-refractivity contribution in [1.29, 1.82) is 0 Å². The maximum atomic E-state index is 11.9. The van der Waals surface area contributed by atoms with Crippen LogP contribution in [0.2, 0.25) is 0 Å². The fraction of sp³-hybridized carbons (Fsp3) is 0.312. The van der Waals surface area contributed by atoms with Crippen molar-refractivity contribution in [2.24, 2.45) is 0 Å². The van der Waals surface area contributed by atoms with Crippen LogP contribution in [0.1, 0.15) is 21.6 Å². The summed E-state index contributed by atoms with van der Waals surface area (Å²) in [4.78, 5) is 28.2. The summed E-state index contributed by atoms with van der Waals surface area (Å²) in [5.41, 5.74) is 0. The van der Waals surface area contributed by atoms with Crippen molar-refractivity contribution in [1.82, 2.24) is 15.6 Å². The van der Waals surface area contributed by atoms with Crippen molar-refractivity contribution in [2.45, 2.75) is 13.3 Å². The Kier molecular flexibility index (Phi) is 6.56. The molecule has 0 atom stereocenters. The third-order valence-corrected chi connectivity index (χ3v) is 4.07. The summed E-state index contributed by atoms with van der Waals surface area (Å²) in [6.07, 6.45) is 2.39. The molecule has 2 rings (SSSR count). The van der Waals surface area contributed by atoms with E-state index in [-0.39, 0.29) is 18.4 Å². The van der Waals surface area contributed by atoms with E-state index in [1.165, 1.54) is 11.3 Å². The van der Waals surface area contributed by atoms with Crippen LogP contribution < -0.4 is 15.4 Å². The van der Waals surface area contributed by atoms with Crippen LogP contribution in [0, 0.1) is 0 Å². The largest absolute Gasteiger partial charge is 0.484 e. The topological polar surface area (TPSA) is 80.3 Å². The third kappa shape index (κ3) is 5.71. The summed E-state index contributed by atoms with van der Waals surface area (Å²) in [5.74, 6) is 0.249. The number of nitrogens with one attached hydrogen (secondary N) is 2. The number of ether oxygens (including phenoxy) is 1. The van der Waals surface area contributed by atoms with Gasteiger partial charge in [0.2, 0.25) is 0 Å². The second-order valence-electron chi connectivity index (χ2n) is 4.68. The number of benzene rings is 1. The highest BCUT2D eigenvalue weighted by atomic mass is 32.1. The van der Waals surface area contributed by atoms with E-state index in [1.807, 2.05) is 25.1 Å². The van der Waals surface area contributed by atoms with Gasteiger partial charge in [-0.3, -0.25) is 9.59 Å². The smallest absolute Gasteiger partial charge is 0.263 e. The third-order valence-electron chi connectivity index (χ3n) is 2.93. The summed E-state index contributed by atoms with van der Waals surface area (Å²) in [6.45, 7) is 2.65. The molecule has 2 aromatic rings. The molecule has 0 radical (unpaired) electrons. The number of carbonyl (C=O) groups is 2. The number of aromatic nitrogens is 1. The highest BCUT2D eigenvalue weighted by Crippen LogP contribution is 2.12. The molecule has 1 heterocycles. The number of para-hydroxylation sites is 1. The fourth-order valence-electron chi connectivity index (χ4n) is 1.76. The van der Waals surface area contributed by atoms with Gasteiger partial charge in [0.1, 0.15) is 10.6 Å². The number of amides is 2. The Bertz CT molecular complexity index is 643. The molecule has 2 amide bonds. The zero-order valence-electron chi connectivity index (χ0n) is 12.9. The second-order valence-corrected chi connectivity index (χ2v) is 5.79. The lowest BCUT2D eigenvalue weighted by atomic mass is 10.3. The number of hydrogen-bond acceptors (Lipinski definition) is 5. The van der Waals surface area contributed by atoms with E-state index in [9.17, 15) is 9.59 Å². The van der Waals surface area contributed by atoms with Crippen LogP contribution in [0.5, 0.6) is 5.75 Å². The van der Waals surface area contributed by atoms with E-state index >= 15 is 0 Å². The lowest BCUT2D eigenvalue weighted by molar-refractivity contribution is -0.123. The van der Waals surface area contributed by atoms with Crippen molar-refractivity contribution in [3.63, 3.8) is 0 Å². The summed E-state index contributed by atoms with van der Waals surface area (Å²) in [5, 5.41) is 6.36. The molecule has 2 N–H and O–H groups in total. The number of hydrogen-bond donors (Lipinski definition) is 2. The zero-order chi connectivity index (χ0) is 16.5. The normalized spacial score (nSPS) is 10.1. The minimum Gasteiger partial charge on any atom is -0.484 e. The minimum atomic E-state index is -0.228. The summed E-state index contributed by atoms with van der Waals surface area (Å²) in [7, 11) is 0. The van der Waals surface area contributed by atoms with Crippen LogP contribution in [-0.4, -0.2) is 36.5 Å². The minimum absolute atomic E-state index is 0.0489. The highest BCUT2D eigenvalue weighted by molar-refractivity contribution is 7.13. The summed E-state index contributed by atoms with van der Waals surface area (Å²) < 4.78 is 5.32. The van der Waals surface area contributed by atoms with Crippen molar-refractivity contribution < 1.29 is 14.3 Å². The van der Waals surface area contributed by atoms with Crippen LogP contribution in [0.4, 0.5) is 0 Å². The van der Waals surface area contributed by atoms with Gasteiger partial charge in [0.25, 0.3) is 11.8 Å². The molecule has 122 valence electrons. The second kappa shape index (κ2) is 8.89. The van der Waals surface area contributed by atoms with Crippen molar-refractivity contribution in [3.8, 4) is 5.75 Å². The lowest BCUT2D eigenvalue weighted by Gasteiger charge is -2.08. The molecule has 0 aliphatic heterocycles. The Morgan fingerprint density at radius 3 is 2.61 bits per heavy atom. The molecule has 7 heteroatoms. The number of aryl methyl sites for hydroxylation is 1. The first-order valence-electron chi connectivity index (χ1n) is 7.36. The number of carbonyl (C=O) groups excluding carboxylic acids is 2. The van der Waals surface area contributed by atoms with Crippen LogP contribution in [0.25, 0.3) is 0 Å². The Morgan fingerprint density at radius 2 is 1.91 bits per heavy atom. The van der Waals surface area contributed by atoms with Crippen LogP contribution >= 0.6 is 11.3 Å². The van der Waals surface area contributed by atoms with Crippen LogP contribution in [-0.2, 0) is 11.2 Å². The van der Waals surface area contributed by atoms with E-state index in [0.29, 0.717) is 23.7 Å². The number of nitrogens with zero attached hydrogens (tertiary/aromatic N) is 1. The van der Waals surface area contributed by atoms with E-state index < -0.39 is 0 Å². The van der Waals surface area contributed by atoms with Gasteiger partial charge in [0, 0.05) is 13.1 Å². The quantitative estimate of drug-likeness (QED) is 0.720. The number of thiazole rings is 1. The Balaban J connectivity index is 1.61. The van der Waals surface area contributed by atoms with E-state index in [2.05, 4.69) is 15.6 Å². The molecule has 23 heavy (non-hydrogen) atoms. The van der Waals surface area contributed by atoms with Gasteiger partial charge in [-0.05, 0) is 18.6 Å². The predicted molar refractivity (Wildman–Crippen MR) is 88.8 cm³/mol. The number of rotatable bonds is 8. The molecule has 0 saturated carbocycles. The maximum absolute atomic E-state index is 11.9. The van der Waals surface area contributed by atoms with Gasteiger partial charge in [-0.25, -0.2) is 4.98 Å². The molecule has 0 fully saturated rings. The van der Waals surface area contributed by atoms with Gasteiger partial charge in [-0.1, -0.05) is 25.1 Å². The maximum Gasteiger partial charge on any atom is 0.263 e. The van der Waals surface area contributed by atoms with Crippen molar-refractivity contribution in [3.05, 3.63) is 46.4 Å². The standard InChI is InChI=1S/C16H19N3O3S/c1-2-15-19-10-13(23-15)16(21)18-9-8-17-14(20)11-22-12-6-4-3-5-7-12/h3-7,10H,2,8-9,11H2,1H3,(H,17,20)(H,18,21). The molecule has 0 aliphatic carbocycles. The lowest BCUT2D eigenvalue weighted by Crippen LogP contribution is -2.36. The van der Waals surface area contributed by atoms with E-state index in [1.54, 1.807) is 18.3 Å². The molecular formula is C16H19N3O3S. The molecule has 0 unspecified atom stereocenters. The molecule has 1 aromatic carbocycles. The van der Waals surface area contributed by atoms with Gasteiger partial charge in [0.05, 0.1) is 11.2 Å². The van der Waals surface area contributed by atoms with Crippen molar-refractivity contribution >= 4 is 23.2 Å². The van der Waals surface area contributed by atoms with Gasteiger partial charge >= 0.3 is 0 Å². The first-order valence-corrected chi connectivity index (χ1v) is 8.18. The van der Waals surface area contributed by atoms with Crippen molar-refractivity contribution in [2.75, 3.05) is 19.7 Å². The molecule has 0 bridgehead atoms. The first-order chi connectivity index (χ1) is 11.2. The average molecular weight is 333 g/mol. The monoisotopic (exact) mass is 333 g/mol.